The van der Waals surface area contributed by atoms with Crippen LogP contribution in [0.25, 0.3) is 0 Å². The Morgan fingerprint density at radius 3 is 0.0750 bits per heavy atom. The topological polar surface area (TPSA) is 0 Å². The van der Waals surface area contributed by atoms with E-state index >= 15 is 0 Å². The van der Waals surface area contributed by atoms with Gasteiger partial charge in [-0.05, 0) is 0 Å². The summed E-state index contributed by atoms with van der Waals surface area (Å²) in [5.74, 6) is 0. The highest BCUT2D eigenvalue weighted by Crippen LogP contribution is 2.15. The van der Waals surface area contributed by atoms with Gasteiger partial charge in [0.1, 0.15) is 0 Å². The van der Waals surface area contributed by atoms with Crippen molar-refractivity contribution < 1.29 is 0 Å². The maximum atomic E-state index is 3.12. The molecule has 2 fully saturated rings. The van der Waals surface area contributed by atoms with E-state index in [4.69, 9.17) is 0 Å². The van der Waals surface area contributed by atoms with Crippen molar-refractivity contribution in [3.63, 3.8) is 0 Å². The molecule has 0 saturated heterocycles. The van der Waals surface area contributed by atoms with Crippen LogP contribution in [-0.4, -0.2) is 0 Å². The van der Waals surface area contributed by atoms with Gasteiger partial charge in [0.2, 0.25) is 0 Å². The predicted octanol–water partition coefficient (Wildman–Crippen LogP) is 45.6. The average Bonchev–Trinajstić information content (AvgIpc) is 2.04. The molecule has 0 bridgehead atoms. The van der Waals surface area contributed by atoms with Crippen LogP contribution in [0.3, 0.4) is 0 Å². The SMILES string of the molecule is C1CCCC1.C1CCCC1.C=C.C=C.C=C.C=C.C=C.C=C.C=C.C=C.C=C.C=C.C=C.C=C.C=C.C=C.C=C.C=C.C=C.C=C.C=C.C=C.C=C.C=C.C=C.C=C.C=C.C=C.C=C.C=C.C=C.C=C.C=C.C=C.C=C.C=C.C=C.C=C.C=C.C=C.C=C.C=C.C=C=C.C=C=C.C=C=C.C=C=C.C=C=C.C=C=C.C=C=C.C=C=C.C=C=C.C=C=C. The van der Waals surface area contributed by atoms with Gasteiger partial charge in [-0.25, -0.2) is 0 Å². The van der Waals surface area contributed by atoms with Gasteiger partial charge in [0.15, 0.2) is 0 Å². The van der Waals surface area contributed by atoms with Crippen LogP contribution in [0.2, 0.25) is 0 Å². The first-order chi connectivity index (χ1) is 59.1. The Hall–Kier alpha value is -15.2. The summed E-state index contributed by atoms with van der Waals surface area (Å²) >= 11 is 0. The molecule has 0 aromatic rings. The van der Waals surface area contributed by atoms with Crippen molar-refractivity contribution in [3.8, 4) is 0 Å². The van der Waals surface area contributed by atoms with Crippen LogP contribution in [0.4, 0.5) is 0 Å². The van der Waals surface area contributed by atoms with E-state index in [2.05, 4.69) is 715 Å². The van der Waals surface area contributed by atoms with Crippen molar-refractivity contribution in [1.29, 1.82) is 0 Å². The van der Waals surface area contributed by atoms with Crippen LogP contribution < -0.4 is 0 Å². The number of hydrogen-bond acceptors (Lipinski definition) is 0. The molecule has 0 spiro atoms. The fourth-order valence-corrected chi connectivity index (χ4v) is 1.77. The van der Waals surface area contributed by atoms with Crippen molar-refractivity contribution in [2.24, 2.45) is 0 Å². The standard InChI is InChI=1S/2C5H10.10C3H4.40C2H4/c2*1-2-4-5-3-1;10*1-3-2;40*1-2/h2*1-5H2;10*1-2H2;40*1-2H2. The molecule has 0 aliphatic heterocycles. The van der Waals surface area contributed by atoms with Crippen LogP contribution in [0.1, 0.15) is 64.2 Å². The summed E-state index contributed by atoms with van der Waals surface area (Å²) in [6.45, 7) is 302. The monoisotopic (exact) mass is 1660 g/mol. The largest absolute Gasteiger partial charge is 0.137 e. The van der Waals surface area contributed by atoms with Gasteiger partial charge in [-0.1, -0.05) is 196 Å². The molecule has 2 aliphatic rings. The summed E-state index contributed by atoms with van der Waals surface area (Å²) in [6, 6.07) is 0. The van der Waals surface area contributed by atoms with Crippen LogP contribution in [-0.2, 0) is 0 Å². The van der Waals surface area contributed by atoms with Crippen molar-refractivity contribution in [3.05, 3.63) is 715 Å². The first kappa shape index (κ1) is 376. The average molecular weight is 1660 g/mol. The molecule has 0 amide bonds. The Balaban J connectivity index is -0.00000000870. The first-order valence-corrected chi connectivity index (χ1v) is 32.1. The number of hydrogen-bond donors (Lipinski definition) is 0. The first-order valence-electron chi connectivity index (χ1n) is 32.1. The van der Waals surface area contributed by atoms with Crippen LogP contribution >= 0.6 is 0 Å². The summed E-state index contributed by atoms with van der Waals surface area (Å²) in [5.41, 5.74) is 22.5. The summed E-state index contributed by atoms with van der Waals surface area (Å²) in [4.78, 5) is 0. The zero-order valence-electron chi connectivity index (χ0n) is 82.8. The summed E-state index contributed by atoms with van der Waals surface area (Å²) < 4.78 is 0. The van der Waals surface area contributed by atoms with E-state index in [9.17, 15) is 0 Å². The van der Waals surface area contributed by atoms with Crippen LogP contribution in [0, 0.1) is 0 Å². The van der Waals surface area contributed by atoms with Gasteiger partial charge < -0.3 is 0 Å². The van der Waals surface area contributed by atoms with Crippen molar-refractivity contribution in [1.82, 2.24) is 0 Å². The highest BCUT2D eigenvalue weighted by molar-refractivity contribution is 4.56. The second kappa shape index (κ2) is 47600. The van der Waals surface area contributed by atoms with Crippen molar-refractivity contribution in [2.45, 2.75) is 64.2 Å². The molecule has 2 aliphatic carbocycles. The molecule has 0 unspecified atom stereocenters. The van der Waals surface area contributed by atoms with E-state index in [-0.39, 0.29) is 0 Å². The lowest BCUT2D eigenvalue weighted by atomic mass is 10.4. The summed E-state index contributed by atoms with van der Waals surface area (Å²) in [5, 5.41) is 0. The second-order valence-corrected chi connectivity index (χ2v) is 6.04. The van der Waals surface area contributed by atoms with Crippen LogP contribution in [0.15, 0.2) is 715 Å². The van der Waals surface area contributed by atoms with Crippen molar-refractivity contribution >= 4 is 0 Å². The van der Waals surface area contributed by atoms with Crippen molar-refractivity contribution in [2.75, 3.05) is 0 Å². The zero-order chi connectivity index (χ0) is 114. The maximum absolute atomic E-state index is 3.12. The molecule has 2 rings (SSSR count). The van der Waals surface area contributed by atoms with E-state index in [1.807, 2.05) is 0 Å². The van der Waals surface area contributed by atoms with E-state index < -0.39 is 0 Å². The Kier molecular flexibility index (Phi) is 149000. The van der Waals surface area contributed by atoms with Gasteiger partial charge in [-0.3, -0.25) is 0 Å². The van der Waals surface area contributed by atoms with E-state index in [0.29, 0.717) is 0 Å². The molecular weight excluding hydrogens is 1440 g/mol. The van der Waals surface area contributed by atoms with E-state index in [1.165, 1.54) is 64.2 Å². The highest BCUT2D eigenvalue weighted by atomic mass is 14.0. The van der Waals surface area contributed by atoms with Gasteiger partial charge in [-0.2, -0.15) is 0 Å². The molecule has 0 heteroatoms. The van der Waals surface area contributed by atoms with Crippen LogP contribution in [0.5, 0.6) is 0 Å². The summed E-state index contributed by atoms with van der Waals surface area (Å²) in [7, 11) is 0. The van der Waals surface area contributed by atoms with Gasteiger partial charge >= 0.3 is 0 Å². The van der Waals surface area contributed by atoms with E-state index in [1.54, 1.807) is 0 Å². The lowest BCUT2D eigenvalue weighted by molar-refractivity contribution is 0.886. The molecule has 0 N–H and O–H groups in total. The van der Waals surface area contributed by atoms with Gasteiger partial charge in [0.05, 0.1) is 0 Å². The Bertz CT molecular complexity index is 946. The minimum absolute atomic E-state index is 1.50. The molecule has 700 valence electrons. The number of rotatable bonds is 0. The Labute approximate surface area is 774 Å². The molecule has 120 heavy (non-hydrogen) atoms. The van der Waals surface area contributed by atoms with Gasteiger partial charge in [-0.15, -0.1) is 584 Å². The smallest absolute Gasteiger partial charge is 0.0533 e. The minimum Gasteiger partial charge on any atom is -0.137 e. The Morgan fingerprint density at radius 2 is 0.0667 bits per heavy atom. The zero-order valence-corrected chi connectivity index (χ0v) is 82.8. The van der Waals surface area contributed by atoms with E-state index in [0.717, 1.165) is 0 Å². The van der Waals surface area contributed by atoms with Gasteiger partial charge in [0, 0.05) is 0 Å². The fraction of sp³-hybridized carbons (Fsp3) is 0.0833. The quantitative estimate of drug-likeness (QED) is 0.168. The third-order valence-electron chi connectivity index (χ3n) is 2.50. The lowest BCUT2D eigenvalue weighted by Gasteiger charge is -1.67. The molecule has 0 heterocycles. The third kappa shape index (κ3) is 39400. The third-order valence-corrected chi connectivity index (χ3v) is 2.50. The minimum atomic E-state index is 1.50. The molecular formula is C120H220. The van der Waals surface area contributed by atoms with Gasteiger partial charge in [0.25, 0.3) is 0 Å². The molecule has 0 aromatic heterocycles. The predicted molar refractivity (Wildman–Crippen MR) is 644 cm³/mol. The lowest BCUT2D eigenvalue weighted by Crippen LogP contribution is -1.47. The Morgan fingerprint density at radius 1 is 0.0583 bits per heavy atom. The molecule has 2 saturated carbocycles. The highest BCUT2D eigenvalue weighted by Gasteiger charge is 1.95. The second-order valence-electron chi connectivity index (χ2n) is 6.04. The molecule has 0 radical (unpaired) electrons. The maximum Gasteiger partial charge on any atom is -0.0533 e. The fourth-order valence-electron chi connectivity index (χ4n) is 1.77. The molecule has 0 nitrogen and oxygen atoms in total. The summed E-state index contributed by atoms with van der Waals surface area (Å²) in [6.07, 6.45) is 15.0. The molecule has 0 atom stereocenters. The normalized spacial score (nSPS) is 4.00. The molecule has 0 aromatic carbocycles.